The van der Waals surface area contributed by atoms with Crippen molar-refractivity contribution in [3.8, 4) is 0 Å². The molecule has 0 radical (unpaired) electrons. The molecule has 2 saturated heterocycles. The van der Waals surface area contributed by atoms with Gasteiger partial charge in [0.2, 0.25) is 0 Å². The molecule has 0 spiro atoms. The van der Waals surface area contributed by atoms with E-state index in [-0.39, 0.29) is 12.0 Å². The highest BCUT2D eigenvalue weighted by Crippen LogP contribution is 2.37. The lowest BCUT2D eigenvalue weighted by molar-refractivity contribution is 0.00578. The lowest BCUT2D eigenvalue weighted by Gasteiger charge is -2.34. The second-order valence-corrected chi connectivity index (χ2v) is 11.6. The number of nitrogens with zero attached hydrogens (tertiary/aromatic N) is 2. The number of rotatable bonds is 3. The number of hydrogen-bond donors (Lipinski definition) is 0. The van der Waals surface area contributed by atoms with Crippen LogP contribution in [0, 0.1) is 5.92 Å². The van der Waals surface area contributed by atoms with Gasteiger partial charge < -0.3 is 23.8 Å². The van der Waals surface area contributed by atoms with E-state index in [2.05, 4.69) is 0 Å². The molecule has 0 unspecified atom stereocenters. The van der Waals surface area contributed by atoms with Crippen LogP contribution in [0.5, 0.6) is 0 Å². The quantitative estimate of drug-likeness (QED) is 0.651. The van der Waals surface area contributed by atoms with Crippen molar-refractivity contribution in [1.82, 2.24) is 9.80 Å². The van der Waals surface area contributed by atoms with Gasteiger partial charge in [0.25, 0.3) is 5.91 Å². The molecule has 1 aromatic rings. The van der Waals surface area contributed by atoms with E-state index < -0.39 is 23.9 Å². The maximum Gasteiger partial charge on any atom is 0.495 e. The maximum absolute atomic E-state index is 13.2. The molecule has 1 aromatic carbocycles. The molecule has 7 nitrogen and oxygen atoms in total. The van der Waals surface area contributed by atoms with Gasteiger partial charge in [0.1, 0.15) is 5.60 Å². The molecular formula is C25H37BN2O5. The van der Waals surface area contributed by atoms with Gasteiger partial charge in [-0.2, -0.15) is 0 Å². The molecule has 0 N–H and O–H groups in total. The summed E-state index contributed by atoms with van der Waals surface area (Å²) in [5.41, 5.74) is 1.36. The summed E-state index contributed by atoms with van der Waals surface area (Å²) in [6.07, 6.45) is 1.48. The van der Waals surface area contributed by atoms with Crippen LogP contribution in [0.3, 0.4) is 0 Å². The predicted molar refractivity (Wildman–Crippen MR) is 127 cm³/mol. The summed E-state index contributed by atoms with van der Waals surface area (Å²) < 4.78 is 18.0. The van der Waals surface area contributed by atoms with Gasteiger partial charge in [0.05, 0.1) is 11.2 Å². The molecule has 0 aromatic heterocycles. The molecular weight excluding hydrogens is 419 g/mol. The van der Waals surface area contributed by atoms with E-state index in [1.807, 2.05) is 71.6 Å². The van der Waals surface area contributed by atoms with Crippen molar-refractivity contribution in [3.63, 3.8) is 0 Å². The van der Waals surface area contributed by atoms with E-state index in [1.54, 1.807) is 4.90 Å². The van der Waals surface area contributed by atoms with Crippen molar-refractivity contribution >= 4 is 24.6 Å². The zero-order valence-corrected chi connectivity index (χ0v) is 21.1. The van der Waals surface area contributed by atoms with Crippen LogP contribution in [0.1, 0.15) is 77.2 Å². The fourth-order valence-electron chi connectivity index (χ4n) is 4.69. The third-order valence-corrected chi connectivity index (χ3v) is 7.33. The van der Waals surface area contributed by atoms with Crippen LogP contribution < -0.4 is 5.46 Å². The average molecular weight is 456 g/mol. The molecule has 33 heavy (non-hydrogen) atoms. The Hall–Kier alpha value is -2.06. The zero-order valence-electron chi connectivity index (χ0n) is 21.1. The van der Waals surface area contributed by atoms with Crippen molar-refractivity contribution in [2.45, 2.75) is 84.7 Å². The first kappa shape index (κ1) is 24.1. The van der Waals surface area contributed by atoms with Gasteiger partial charge in [0, 0.05) is 31.7 Å². The first-order valence-corrected chi connectivity index (χ1v) is 12.0. The average Bonchev–Trinajstić information content (AvgIpc) is 3.13. The second-order valence-electron chi connectivity index (χ2n) is 11.6. The zero-order chi connectivity index (χ0) is 24.2. The molecule has 2 fully saturated rings. The van der Waals surface area contributed by atoms with Gasteiger partial charge in [-0.25, -0.2) is 4.79 Å². The van der Waals surface area contributed by atoms with Crippen LogP contribution in [-0.4, -0.2) is 65.4 Å². The van der Waals surface area contributed by atoms with Crippen LogP contribution >= 0.6 is 0 Å². The van der Waals surface area contributed by atoms with Crippen molar-refractivity contribution in [2.75, 3.05) is 19.6 Å². The number of hydrogen-bond acceptors (Lipinski definition) is 5. The largest absolute Gasteiger partial charge is 0.495 e. The van der Waals surface area contributed by atoms with Crippen LogP contribution in [0.4, 0.5) is 4.79 Å². The van der Waals surface area contributed by atoms with E-state index in [4.69, 9.17) is 14.0 Å². The molecule has 180 valence electrons. The van der Waals surface area contributed by atoms with E-state index in [0.717, 1.165) is 29.4 Å². The topological polar surface area (TPSA) is 68.3 Å². The number of carbonyl (C=O) groups excluding carboxylic acids is 2. The molecule has 0 atom stereocenters. The Morgan fingerprint density at radius 2 is 1.73 bits per heavy atom. The Morgan fingerprint density at radius 1 is 1.12 bits per heavy atom. The summed E-state index contributed by atoms with van der Waals surface area (Å²) in [5.74, 6) is 0.431. The summed E-state index contributed by atoms with van der Waals surface area (Å²) in [7, 11) is -0.477. The van der Waals surface area contributed by atoms with Gasteiger partial charge in [-0.05, 0) is 84.3 Å². The molecule has 3 aliphatic heterocycles. The van der Waals surface area contributed by atoms with Crippen LogP contribution in [0.2, 0.25) is 0 Å². The van der Waals surface area contributed by atoms with Gasteiger partial charge >= 0.3 is 13.2 Å². The second kappa shape index (κ2) is 8.31. The van der Waals surface area contributed by atoms with Gasteiger partial charge in [-0.3, -0.25) is 4.79 Å². The molecule has 3 heterocycles. The van der Waals surface area contributed by atoms with Gasteiger partial charge in [0.15, 0.2) is 0 Å². The van der Waals surface area contributed by atoms with E-state index in [1.165, 1.54) is 0 Å². The number of benzene rings is 1. The smallest absolute Gasteiger partial charge is 0.444 e. The molecule has 0 aliphatic carbocycles. The van der Waals surface area contributed by atoms with E-state index in [9.17, 15) is 9.59 Å². The number of likely N-dealkylation sites (tertiary alicyclic amines) is 1. The Labute approximate surface area is 197 Å². The number of ether oxygens (including phenoxy) is 1. The van der Waals surface area contributed by atoms with Gasteiger partial charge in [-0.1, -0.05) is 12.1 Å². The highest BCUT2D eigenvalue weighted by molar-refractivity contribution is 6.62. The third kappa shape index (κ3) is 4.78. The number of carbonyl (C=O) groups is 2. The minimum Gasteiger partial charge on any atom is -0.444 e. The normalized spacial score (nSPS) is 22.6. The minimum atomic E-state index is -0.490. The molecule has 8 heteroatoms. The number of fused-ring (bicyclic) bond motifs is 1. The number of amides is 2. The fourth-order valence-corrected chi connectivity index (χ4v) is 4.69. The Kier molecular flexibility index (Phi) is 6.06. The molecule has 2 amide bonds. The predicted octanol–water partition coefficient (Wildman–Crippen LogP) is 3.59. The minimum absolute atomic E-state index is 0.0675. The van der Waals surface area contributed by atoms with Crippen LogP contribution in [0.25, 0.3) is 0 Å². The summed E-state index contributed by atoms with van der Waals surface area (Å²) in [6, 6.07) is 5.83. The first-order chi connectivity index (χ1) is 15.3. The molecule has 0 bridgehead atoms. The SMILES string of the molecule is CC(C)(C)OC(=O)N1CCC(CN2Cc3c(B4OC(C)(C)C(C)(C)O4)cccc3C2=O)CC1. The summed E-state index contributed by atoms with van der Waals surface area (Å²) in [5, 5.41) is 0. The fraction of sp³-hybridized carbons (Fsp3) is 0.680. The summed E-state index contributed by atoms with van der Waals surface area (Å²) >= 11 is 0. The summed E-state index contributed by atoms with van der Waals surface area (Å²) in [4.78, 5) is 29.2. The number of piperidine rings is 1. The highest BCUT2D eigenvalue weighted by Gasteiger charge is 2.52. The van der Waals surface area contributed by atoms with Crippen LogP contribution in [-0.2, 0) is 20.6 Å². The standard InChI is InChI=1S/C25H37BN2O5/c1-23(2,3)31-22(30)27-13-11-17(12-14-27)15-28-16-19-18(21(28)29)9-8-10-20(19)26-32-24(4,5)25(6,7)33-26/h8-10,17H,11-16H2,1-7H3. The Bertz CT molecular complexity index is 915. The van der Waals surface area contributed by atoms with E-state index in [0.29, 0.717) is 32.1 Å². The Morgan fingerprint density at radius 3 is 2.30 bits per heavy atom. The first-order valence-electron chi connectivity index (χ1n) is 12.0. The Balaban J connectivity index is 1.39. The molecule has 4 rings (SSSR count). The lowest BCUT2D eigenvalue weighted by atomic mass is 9.75. The lowest BCUT2D eigenvalue weighted by Crippen LogP contribution is -2.43. The molecule has 0 saturated carbocycles. The van der Waals surface area contributed by atoms with Crippen molar-refractivity contribution in [1.29, 1.82) is 0 Å². The van der Waals surface area contributed by atoms with Crippen molar-refractivity contribution in [3.05, 3.63) is 29.3 Å². The van der Waals surface area contributed by atoms with Crippen LogP contribution in [0.15, 0.2) is 18.2 Å². The van der Waals surface area contributed by atoms with Crippen molar-refractivity contribution < 1.29 is 23.6 Å². The van der Waals surface area contributed by atoms with E-state index >= 15 is 0 Å². The maximum atomic E-state index is 13.2. The van der Waals surface area contributed by atoms with Gasteiger partial charge in [-0.15, -0.1) is 0 Å². The molecule has 3 aliphatic rings. The highest BCUT2D eigenvalue weighted by atomic mass is 16.7. The van der Waals surface area contributed by atoms with Crippen molar-refractivity contribution in [2.24, 2.45) is 5.92 Å². The third-order valence-electron chi connectivity index (χ3n) is 7.33. The monoisotopic (exact) mass is 456 g/mol. The summed E-state index contributed by atoms with van der Waals surface area (Å²) in [6.45, 7) is 16.4.